The fourth-order valence-corrected chi connectivity index (χ4v) is 4.41. The number of aromatic hydroxyl groups is 3. The van der Waals surface area contributed by atoms with Crippen molar-refractivity contribution >= 4 is 23.0 Å². The number of esters is 1. The third kappa shape index (κ3) is 6.06. The van der Waals surface area contributed by atoms with E-state index in [9.17, 15) is 40.2 Å². The number of rotatable bonds is 7. The van der Waals surface area contributed by atoms with Gasteiger partial charge in [-0.3, -0.25) is 4.79 Å². The molecule has 1 fully saturated rings. The fraction of sp³-hybridized carbons (Fsp3) is 0.200. The normalized spacial score (nSPS) is 22.3. The van der Waals surface area contributed by atoms with Crippen LogP contribution in [-0.4, -0.2) is 73.9 Å². The molecule has 0 saturated carbocycles. The van der Waals surface area contributed by atoms with Crippen LogP contribution in [0.25, 0.3) is 28.4 Å². The number of aliphatic hydroxyl groups excluding tert-OH is 3. The monoisotopic (exact) mass is 578 g/mol. The van der Waals surface area contributed by atoms with Gasteiger partial charge in [0.25, 0.3) is 0 Å². The van der Waals surface area contributed by atoms with E-state index in [-0.39, 0.29) is 34.0 Å². The van der Waals surface area contributed by atoms with Crippen LogP contribution in [0, 0.1) is 0 Å². The van der Waals surface area contributed by atoms with Gasteiger partial charge in [0.1, 0.15) is 58.0 Å². The standard InChI is InChI=1S/C30H26O12/c31-14-24-27(37)28(38)29(42-25(36)10-3-15-1-6-17(32)7-2-15)30(41-24)39-19-11-20(34)26-21(35)13-22(40-23(26)12-19)16-4-8-18(33)9-5-16/h1-13,24,27-34,37-38H,14H2/b10-3+/t24-,27-,28+,29-,30?/m1/s1. The third-order valence-electron chi connectivity index (χ3n) is 6.57. The van der Waals surface area contributed by atoms with E-state index in [4.69, 9.17) is 18.6 Å². The lowest BCUT2D eigenvalue weighted by Crippen LogP contribution is -2.61. The Morgan fingerprint density at radius 2 is 1.57 bits per heavy atom. The predicted molar refractivity (Wildman–Crippen MR) is 147 cm³/mol. The predicted octanol–water partition coefficient (Wildman–Crippen LogP) is 2.02. The Kier molecular flexibility index (Phi) is 8.13. The van der Waals surface area contributed by atoms with Crippen molar-refractivity contribution in [1.29, 1.82) is 0 Å². The first-order chi connectivity index (χ1) is 20.1. The first-order valence-electron chi connectivity index (χ1n) is 12.7. The molecular formula is C30H26O12. The van der Waals surface area contributed by atoms with Crippen molar-refractivity contribution in [1.82, 2.24) is 0 Å². The van der Waals surface area contributed by atoms with E-state index in [0.717, 1.165) is 12.1 Å². The third-order valence-corrected chi connectivity index (χ3v) is 6.57. The maximum Gasteiger partial charge on any atom is 0.331 e. The Labute approximate surface area is 237 Å². The minimum atomic E-state index is -1.74. The highest BCUT2D eigenvalue weighted by molar-refractivity contribution is 5.87. The van der Waals surface area contributed by atoms with Crippen molar-refractivity contribution in [3.63, 3.8) is 0 Å². The van der Waals surface area contributed by atoms with Gasteiger partial charge in [0.05, 0.1) is 6.61 Å². The van der Waals surface area contributed by atoms with E-state index in [1.54, 1.807) is 12.1 Å². The summed E-state index contributed by atoms with van der Waals surface area (Å²) in [5.41, 5.74) is 0.422. The van der Waals surface area contributed by atoms with Gasteiger partial charge in [-0.2, -0.15) is 0 Å². The van der Waals surface area contributed by atoms with Crippen LogP contribution in [0.2, 0.25) is 0 Å². The van der Waals surface area contributed by atoms with Crippen molar-refractivity contribution < 1.29 is 54.1 Å². The summed E-state index contributed by atoms with van der Waals surface area (Å²) in [4.78, 5) is 25.4. The summed E-state index contributed by atoms with van der Waals surface area (Å²) in [6, 6.07) is 15.4. The Balaban J connectivity index is 1.43. The molecule has 1 aliphatic heterocycles. The molecule has 1 aromatic heterocycles. The van der Waals surface area contributed by atoms with E-state index in [0.29, 0.717) is 11.1 Å². The minimum absolute atomic E-state index is 0.0160. The van der Waals surface area contributed by atoms with Crippen LogP contribution in [0.4, 0.5) is 0 Å². The number of phenols is 3. The number of fused-ring (bicyclic) bond motifs is 1. The van der Waals surface area contributed by atoms with Crippen LogP contribution in [0.15, 0.2) is 82.0 Å². The Morgan fingerprint density at radius 1 is 0.905 bits per heavy atom. The number of phenolic OH excluding ortho intramolecular Hbond substituents is 3. The van der Waals surface area contributed by atoms with Crippen molar-refractivity contribution in [2.24, 2.45) is 0 Å². The topological polar surface area (TPSA) is 196 Å². The molecule has 0 aliphatic carbocycles. The highest BCUT2D eigenvalue weighted by Gasteiger charge is 2.48. The van der Waals surface area contributed by atoms with E-state index in [1.807, 2.05) is 0 Å². The largest absolute Gasteiger partial charge is 0.508 e. The molecule has 5 rings (SSSR count). The summed E-state index contributed by atoms with van der Waals surface area (Å²) in [5.74, 6) is -1.33. The molecule has 4 aromatic rings. The highest BCUT2D eigenvalue weighted by atomic mass is 16.7. The quantitative estimate of drug-likeness (QED) is 0.138. The molecule has 1 saturated heterocycles. The zero-order valence-corrected chi connectivity index (χ0v) is 21.7. The number of hydrogen-bond acceptors (Lipinski definition) is 12. The summed E-state index contributed by atoms with van der Waals surface area (Å²) >= 11 is 0. The van der Waals surface area contributed by atoms with Gasteiger partial charge in [0.2, 0.25) is 6.29 Å². The molecule has 1 aliphatic rings. The van der Waals surface area contributed by atoms with Gasteiger partial charge in [-0.05, 0) is 48.0 Å². The van der Waals surface area contributed by atoms with Gasteiger partial charge < -0.3 is 49.3 Å². The zero-order chi connectivity index (χ0) is 30.0. The number of ether oxygens (including phenoxy) is 3. The second-order valence-electron chi connectivity index (χ2n) is 9.49. The van der Waals surface area contributed by atoms with Gasteiger partial charge in [-0.1, -0.05) is 12.1 Å². The average Bonchev–Trinajstić information content (AvgIpc) is 2.96. The summed E-state index contributed by atoms with van der Waals surface area (Å²) in [7, 11) is 0. The molecule has 0 spiro atoms. The van der Waals surface area contributed by atoms with Gasteiger partial charge >= 0.3 is 5.97 Å². The number of benzene rings is 3. The summed E-state index contributed by atoms with van der Waals surface area (Å²) in [6.07, 6.45) is -5.38. The first kappa shape index (κ1) is 28.6. The molecule has 2 heterocycles. The Bertz CT molecular complexity index is 1660. The first-order valence-corrected chi connectivity index (χ1v) is 12.7. The average molecular weight is 579 g/mol. The van der Waals surface area contributed by atoms with Crippen LogP contribution in [0.3, 0.4) is 0 Å². The minimum Gasteiger partial charge on any atom is -0.508 e. The Hall–Kier alpha value is -4.88. The molecular weight excluding hydrogens is 552 g/mol. The van der Waals surface area contributed by atoms with Crippen LogP contribution in [0.1, 0.15) is 5.56 Å². The number of aliphatic hydroxyl groups is 3. The number of hydrogen-bond donors (Lipinski definition) is 6. The molecule has 6 N–H and O–H groups in total. The maximum absolute atomic E-state index is 12.8. The lowest BCUT2D eigenvalue weighted by Gasteiger charge is -2.41. The summed E-state index contributed by atoms with van der Waals surface area (Å²) in [5, 5.41) is 60.2. The van der Waals surface area contributed by atoms with E-state index in [2.05, 4.69) is 0 Å². The summed E-state index contributed by atoms with van der Waals surface area (Å²) < 4.78 is 22.6. The van der Waals surface area contributed by atoms with Crippen LogP contribution in [0.5, 0.6) is 23.0 Å². The second-order valence-corrected chi connectivity index (χ2v) is 9.49. The molecule has 5 atom stereocenters. The van der Waals surface area contributed by atoms with E-state index >= 15 is 0 Å². The molecule has 0 radical (unpaired) electrons. The number of carbonyl (C=O) groups excluding carboxylic acids is 1. The van der Waals surface area contributed by atoms with Gasteiger partial charge in [0, 0.05) is 29.8 Å². The lowest BCUT2D eigenvalue weighted by molar-refractivity contribution is -0.281. The zero-order valence-electron chi connectivity index (χ0n) is 21.7. The SMILES string of the molecule is O=C(/C=C/c1ccc(O)cc1)O[C@H]1C(Oc2cc(O)c3c(=O)cc(-c4ccc(O)cc4)oc3c2)O[C@H](CO)[C@@H](O)[C@@H]1O. The highest BCUT2D eigenvalue weighted by Crippen LogP contribution is 2.34. The van der Waals surface area contributed by atoms with Crippen LogP contribution < -0.4 is 10.2 Å². The molecule has 12 nitrogen and oxygen atoms in total. The van der Waals surface area contributed by atoms with Crippen molar-refractivity contribution in [3.05, 3.63) is 88.6 Å². The maximum atomic E-state index is 12.8. The Morgan fingerprint density at radius 3 is 2.24 bits per heavy atom. The van der Waals surface area contributed by atoms with Crippen molar-refractivity contribution in [3.8, 4) is 34.3 Å². The van der Waals surface area contributed by atoms with Gasteiger partial charge in [-0.15, -0.1) is 0 Å². The van der Waals surface area contributed by atoms with Crippen LogP contribution >= 0.6 is 0 Å². The van der Waals surface area contributed by atoms with Gasteiger partial charge in [0.15, 0.2) is 11.5 Å². The summed E-state index contributed by atoms with van der Waals surface area (Å²) in [6.45, 7) is -0.701. The molecule has 1 unspecified atom stereocenters. The second kappa shape index (κ2) is 11.9. The fourth-order valence-electron chi connectivity index (χ4n) is 4.41. The van der Waals surface area contributed by atoms with Crippen LogP contribution in [-0.2, 0) is 14.3 Å². The lowest BCUT2D eigenvalue weighted by atomic mass is 9.99. The van der Waals surface area contributed by atoms with Gasteiger partial charge in [-0.25, -0.2) is 4.79 Å². The van der Waals surface area contributed by atoms with E-state index < -0.39 is 54.5 Å². The molecule has 0 bridgehead atoms. The molecule has 42 heavy (non-hydrogen) atoms. The van der Waals surface area contributed by atoms with Crippen molar-refractivity contribution in [2.75, 3.05) is 6.61 Å². The molecule has 0 amide bonds. The van der Waals surface area contributed by atoms with Crippen molar-refractivity contribution in [2.45, 2.75) is 30.7 Å². The molecule has 3 aromatic carbocycles. The smallest absolute Gasteiger partial charge is 0.331 e. The molecule has 12 heteroatoms. The number of carbonyl (C=O) groups is 1. The molecule has 218 valence electrons. The van der Waals surface area contributed by atoms with E-state index in [1.165, 1.54) is 54.6 Å².